The summed E-state index contributed by atoms with van der Waals surface area (Å²) in [7, 11) is 0. The predicted octanol–water partition coefficient (Wildman–Crippen LogP) is 5.83. The molecule has 1 heterocycles. The van der Waals surface area contributed by atoms with Crippen LogP contribution in [0, 0.1) is 6.92 Å². The molecular weight excluding hydrogens is 332 g/mol. The van der Waals surface area contributed by atoms with Crippen molar-refractivity contribution in [1.82, 2.24) is 4.98 Å². The molecule has 0 bridgehead atoms. The first-order chi connectivity index (χ1) is 12.1. The Hall–Kier alpha value is -2.10. The standard InChI is InChI=1S/C10H8ClN.C9H13NO.C2H6/c1-7-4-5-12-10-6-8(11)2-3-9(7)10;1-2-10-9-5-3-4-8(6-9)7-11;1-2/h2-6H,1H3;3-6,10-11H,2,7H2,1H3;1-2H3. The van der Waals surface area contributed by atoms with Gasteiger partial charge in [-0.3, -0.25) is 4.98 Å². The van der Waals surface area contributed by atoms with Crippen LogP contribution in [0.3, 0.4) is 0 Å². The first-order valence-corrected chi connectivity index (χ1v) is 8.96. The normalized spacial score (nSPS) is 9.52. The van der Waals surface area contributed by atoms with Crippen LogP contribution in [-0.4, -0.2) is 16.6 Å². The zero-order chi connectivity index (χ0) is 18.7. The van der Waals surface area contributed by atoms with Crippen LogP contribution in [-0.2, 0) is 6.61 Å². The van der Waals surface area contributed by atoms with Gasteiger partial charge in [0.15, 0.2) is 0 Å². The van der Waals surface area contributed by atoms with E-state index in [1.165, 1.54) is 10.9 Å². The number of nitrogens with zero attached hydrogens (tertiary/aromatic N) is 1. The zero-order valence-corrected chi connectivity index (χ0v) is 16.1. The summed E-state index contributed by atoms with van der Waals surface area (Å²) in [6, 6.07) is 15.5. The molecule has 3 nitrogen and oxygen atoms in total. The van der Waals surface area contributed by atoms with Gasteiger partial charge in [-0.2, -0.15) is 0 Å². The number of pyridine rings is 1. The summed E-state index contributed by atoms with van der Waals surface area (Å²) in [6.45, 7) is 9.14. The molecule has 0 saturated carbocycles. The zero-order valence-electron chi connectivity index (χ0n) is 15.4. The van der Waals surface area contributed by atoms with Crippen LogP contribution in [0.15, 0.2) is 54.7 Å². The number of halogens is 1. The number of aryl methyl sites for hydroxylation is 1. The van der Waals surface area contributed by atoms with Gasteiger partial charge in [-0.1, -0.05) is 43.6 Å². The fraction of sp³-hybridized carbons (Fsp3) is 0.286. The fourth-order valence-corrected chi connectivity index (χ4v) is 2.41. The Labute approximate surface area is 155 Å². The van der Waals surface area contributed by atoms with E-state index in [0.717, 1.165) is 28.3 Å². The van der Waals surface area contributed by atoms with Gasteiger partial charge in [0.25, 0.3) is 0 Å². The number of hydrogen-bond acceptors (Lipinski definition) is 3. The van der Waals surface area contributed by atoms with E-state index in [9.17, 15) is 0 Å². The molecule has 0 aliphatic heterocycles. The topological polar surface area (TPSA) is 45.1 Å². The molecule has 134 valence electrons. The first-order valence-electron chi connectivity index (χ1n) is 8.58. The highest BCUT2D eigenvalue weighted by atomic mass is 35.5. The van der Waals surface area contributed by atoms with E-state index < -0.39 is 0 Å². The SMILES string of the molecule is CC.CCNc1cccc(CO)c1.Cc1ccnc2cc(Cl)ccc12. The molecule has 0 radical (unpaired) electrons. The molecule has 0 aliphatic rings. The molecular formula is C21H27ClN2O. The number of fused-ring (bicyclic) bond motifs is 1. The number of aliphatic hydroxyl groups is 1. The fourth-order valence-electron chi connectivity index (χ4n) is 2.25. The van der Waals surface area contributed by atoms with Gasteiger partial charge in [-0.15, -0.1) is 0 Å². The van der Waals surface area contributed by atoms with Gasteiger partial charge in [0.05, 0.1) is 12.1 Å². The van der Waals surface area contributed by atoms with Gasteiger partial charge >= 0.3 is 0 Å². The van der Waals surface area contributed by atoms with E-state index in [1.807, 2.05) is 69.3 Å². The van der Waals surface area contributed by atoms with Crippen LogP contribution in [0.1, 0.15) is 31.9 Å². The van der Waals surface area contributed by atoms with Crippen molar-refractivity contribution in [3.63, 3.8) is 0 Å². The monoisotopic (exact) mass is 358 g/mol. The van der Waals surface area contributed by atoms with Crippen molar-refractivity contribution in [3.05, 3.63) is 70.9 Å². The molecule has 3 aromatic rings. The molecule has 0 amide bonds. The number of benzene rings is 2. The summed E-state index contributed by atoms with van der Waals surface area (Å²) in [4.78, 5) is 4.22. The van der Waals surface area contributed by atoms with Crippen LogP contribution < -0.4 is 5.32 Å². The smallest absolute Gasteiger partial charge is 0.0719 e. The minimum Gasteiger partial charge on any atom is -0.392 e. The summed E-state index contributed by atoms with van der Waals surface area (Å²) in [5.74, 6) is 0. The molecule has 0 saturated heterocycles. The van der Waals surface area contributed by atoms with Crippen LogP contribution in [0.4, 0.5) is 5.69 Å². The van der Waals surface area contributed by atoms with Gasteiger partial charge in [0.1, 0.15) is 0 Å². The average Bonchev–Trinajstić information content (AvgIpc) is 2.64. The lowest BCUT2D eigenvalue weighted by atomic mass is 10.1. The summed E-state index contributed by atoms with van der Waals surface area (Å²) < 4.78 is 0. The molecule has 0 aliphatic carbocycles. The lowest BCUT2D eigenvalue weighted by molar-refractivity contribution is 0.282. The lowest BCUT2D eigenvalue weighted by Crippen LogP contribution is -1.96. The number of nitrogens with one attached hydrogen (secondary N) is 1. The molecule has 2 aromatic carbocycles. The highest BCUT2D eigenvalue weighted by molar-refractivity contribution is 6.31. The second kappa shape index (κ2) is 11.5. The van der Waals surface area contributed by atoms with E-state index in [1.54, 1.807) is 6.20 Å². The minimum atomic E-state index is 0.110. The Bertz CT molecular complexity index is 775. The van der Waals surface area contributed by atoms with E-state index in [2.05, 4.69) is 17.2 Å². The third kappa shape index (κ3) is 6.73. The summed E-state index contributed by atoms with van der Waals surface area (Å²) in [5, 5.41) is 13.9. The van der Waals surface area contributed by atoms with Gasteiger partial charge in [0, 0.05) is 28.8 Å². The maximum Gasteiger partial charge on any atom is 0.0719 e. The lowest BCUT2D eigenvalue weighted by Gasteiger charge is -2.03. The number of aromatic nitrogens is 1. The summed E-state index contributed by atoms with van der Waals surface area (Å²) in [6.07, 6.45) is 1.80. The highest BCUT2D eigenvalue weighted by Gasteiger charge is 1.97. The number of hydrogen-bond donors (Lipinski definition) is 2. The van der Waals surface area contributed by atoms with Gasteiger partial charge in [0.2, 0.25) is 0 Å². The third-order valence-electron chi connectivity index (χ3n) is 3.41. The van der Waals surface area contributed by atoms with Crippen molar-refractivity contribution in [2.24, 2.45) is 0 Å². The largest absolute Gasteiger partial charge is 0.392 e. The van der Waals surface area contributed by atoms with Crippen molar-refractivity contribution < 1.29 is 5.11 Å². The number of aliphatic hydroxyl groups excluding tert-OH is 1. The third-order valence-corrected chi connectivity index (χ3v) is 3.65. The minimum absolute atomic E-state index is 0.110. The quantitative estimate of drug-likeness (QED) is 0.618. The second-order valence-electron chi connectivity index (χ2n) is 5.18. The molecule has 0 spiro atoms. The Balaban J connectivity index is 0.000000229. The molecule has 2 N–H and O–H groups in total. The molecule has 3 rings (SSSR count). The first kappa shape index (κ1) is 20.9. The molecule has 0 atom stereocenters. The van der Waals surface area contributed by atoms with Crippen LogP contribution in [0.5, 0.6) is 0 Å². The van der Waals surface area contributed by atoms with E-state index in [0.29, 0.717) is 0 Å². The highest BCUT2D eigenvalue weighted by Crippen LogP contribution is 2.19. The number of anilines is 1. The van der Waals surface area contributed by atoms with Crippen LogP contribution >= 0.6 is 11.6 Å². The van der Waals surface area contributed by atoms with Crippen molar-refractivity contribution >= 4 is 28.2 Å². The number of rotatable bonds is 3. The van der Waals surface area contributed by atoms with Crippen molar-refractivity contribution in [2.75, 3.05) is 11.9 Å². The van der Waals surface area contributed by atoms with Crippen LogP contribution in [0.25, 0.3) is 10.9 Å². The Morgan fingerprint density at radius 2 is 1.84 bits per heavy atom. The molecule has 4 heteroatoms. The molecule has 1 aromatic heterocycles. The maximum atomic E-state index is 8.80. The molecule has 0 fully saturated rings. The average molecular weight is 359 g/mol. The van der Waals surface area contributed by atoms with E-state index in [-0.39, 0.29) is 6.61 Å². The van der Waals surface area contributed by atoms with Crippen molar-refractivity contribution in [3.8, 4) is 0 Å². The second-order valence-corrected chi connectivity index (χ2v) is 5.61. The Morgan fingerprint density at radius 1 is 1.08 bits per heavy atom. The van der Waals surface area contributed by atoms with E-state index >= 15 is 0 Å². The maximum absolute atomic E-state index is 8.80. The van der Waals surface area contributed by atoms with Gasteiger partial charge in [-0.25, -0.2) is 0 Å². The van der Waals surface area contributed by atoms with Gasteiger partial charge < -0.3 is 10.4 Å². The molecule has 0 unspecified atom stereocenters. The van der Waals surface area contributed by atoms with Crippen LogP contribution in [0.2, 0.25) is 5.02 Å². The van der Waals surface area contributed by atoms with Crippen molar-refractivity contribution in [1.29, 1.82) is 0 Å². The van der Waals surface area contributed by atoms with Crippen molar-refractivity contribution in [2.45, 2.75) is 34.3 Å². The van der Waals surface area contributed by atoms with E-state index in [4.69, 9.17) is 16.7 Å². The van der Waals surface area contributed by atoms with Gasteiger partial charge in [-0.05, 0) is 55.3 Å². The predicted molar refractivity (Wildman–Crippen MR) is 109 cm³/mol. The molecule has 25 heavy (non-hydrogen) atoms. The summed E-state index contributed by atoms with van der Waals surface area (Å²) in [5.41, 5.74) is 4.21. The Morgan fingerprint density at radius 3 is 2.52 bits per heavy atom. The Kier molecular flexibility index (Phi) is 9.60. The summed E-state index contributed by atoms with van der Waals surface area (Å²) >= 11 is 5.83.